The second-order valence-electron chi connectivity index (χ2n) is 2.86. The Balaban J connectivity index is 2.40. The standard InChI is InChI=1S/C9H7BrClFO2/c10-5-3-6(8(12)7(11)4-5)9-13-1-2-14-9/h3-4,9H,1-2H2. The summed E-state index contributed by atoms with van der Waals surface area (Å²) in [5.74, 6) is -0.484. The highest BCUT2D eigenvalue weighted by atomic mass is 79.9. The molecule has 1 saturated heterocycles. The van der Waals surface area contributed by atoms with Crippen LogP contribution in [0.2, 0.25) is 5.02 Å². The van der Waals surface area contributed by atoms with Crippen LogP contribution in [0.1, 0.15) is 11.9 Å². The van der Waals surface area contributed by atoms with E-state index in [-0.39, 0.29) is 5.02 Å². The van der Waals surface area contributed by atoms with Gasteiger partial charge in [0.05, 0.1) is 18.2 Å². The van der Waals surface area contributed by atoms with Gasteiger partial charge in [-0.3, -0.25) is 0 Å². The molecule has 0 radical (unpaired) electrons. The van der Waals surface area contributed by atoms with E-state index in [4.69, 9.17) is 21.1 Å². The van der Waals surface area contributed by atoms with Crippen molar-refractivity contribution < 1.29 is 13.9 Å². The molecule has 0 bridgehead atoms. The van der Waals surface area contributed by atoms with E-state index in [2.05, 4.69) is 15.9 Å². The molecule has 1 aromatic rings. The molecule has 0 saturated carbocycles. The van der Waals surface area contributed by atoms with Crippen LogP contribution in [0.3, 0.4) is 0 Å². The van der Waals surface area contributed by atoms with E-state index in [0.29, 0.717) is 23.2 Å². The Morgan fingerprint density at radius 3 is 2.64 bits per heavy atom. The first kappa shape index (κ1) is 10.4. The van der Waals surface area contributed by atoms with Crippen molar-refractivity contribution in [2.75, 3.05) is 13.2 Å². The molecule has 1 heterocycles. The molecule has 0 aromatic heterocycles. The molecule has 0 N–H and O–H groups in total. The molecule has 2 nitrogen and oxygen atoms in total. The fourth-order valence-corrected chi connectivity index (χ4v) is 2.12. The zero-order chi connectivity index (χ0) is 10.1. The molecule has 1 fully saturated rings. The van der Waals surface area contributed by atoms with Gasteiger partial charge in [0.15, 0.2) is 6.29 Å². The molecule has 0 atom stereocenters. The Hall–Kier alpha value is -0.160. The van der Waals surface area contributed by atoms with E-state index >= 15 is 0 Å². The maximum absolute atomic E-state index is 13.5. The van der Waals surface area contributed by atoms with E-state index in [1.165, 1.54) is 6.07 Å². The van der Waals surface area contributed by atoms with E-state index in [0.717, 1.165) is 0 Å². The van der Waals surface area contributed by atoms with E-state index in [1.807, 2.05) is 0 Å². The van der Waals surface area contributed by atoms with Gasteiger partial charge in [-0.05, 0) is 12.1 Å². The molecule has 0 amide bonds. The summed E-state index contributed by atoms with van der Waals surface area (Å²) in [6.45, 7) is 0.961. The van der Waals surface area contributed by atoms with Crippen LogP contribution in [-0.2, 0) is 9.47 Å². The van der Waals surface area contributed by atoms with Gasteiger partial charge in [-0.15, -0.1) is 0 Å². The molecule has 0 aliphatic carbocycles. The molecule has 0 spiro atoms. The van der Waals surface area contributed by atoms with Crippen molar-refractivity contribution in [1.29, 1.82) is 0 Å². The van der Waals surface area contributed by atoms with Gasteiger partial charge in [0.2, 0.25) is 0 Å². The minimum absolute atomic E-state index is 0.0634. The Morgan fingerprint density at radius 1 is 1.36 bits per heavy atom. The van der Waals surface area contributed by atoms with Crippen molar-refractivity contribution in [2.24, 2.45) is 0 Å². The van der Waals surface area contributed by atoms with Crippen molar-refractivity contribution in [3.05, 3.63) is 33.0 Å². The van der Waals surface area contributed by atoms with Crippen LogP contribution in [0.4, 0.5) is 4.39 Å². The van der Waals surface area contributed by atoms with Crippen LogP contribution >= 0.6 is 27.5 Å². The number of ether oxygens (including phenoxy) is 2. The van der Waals surface area contributed by atoms with Crippen molar-refractivity contribution in [3.63, 3.8) is 0 Å². The van der Waals surface area contributed by atoms with Gasteiger partial charge in [0, 0.05) is 10.0 Å². The smallest absolute Gasteiger partial charge is 0.186 e. The fraction of sp³-hybridized carbons (Fsp3) is 0.333. The highest BCUT2D eigenvalue weighted by molar-refractivity contribution is 9.10. The average Bonchev–Trinajstić information content (AvgIpc) is 2.63. The van der Waals surface area contributed by atoms with E-state index < -0.39 is 12.1 Å². The van der Waals surface area contributed by atoms with Crippen LogP contribution in [-0.4, -0.2) is 13.2 Å². The molecule has 0 unspecified atom stereocenters. The third kappa shape index (κ3) is 1.93. The topological polar surface area (TPSA) is 18.5 Å². The van der Waals surface area contributed by atoms with Crippen LogP contribution in [0.5, 0.6) is 0 Å². The summed E-state index contributed by atoms with van der Waals surface area (Å²) in [4.78, 5) is 0. The van der Waals surface area contributed by atoms with Gasteiger partial charge < -0.3 is 9.47 Å². The highest BCUT2D eigenvalue weighted by Crippen LogP contribution is 2.32. The van der Waals surface area contributed by atoms with Crippen molar-refractivity contribution in [1.82, 2.24) is 0 Å². The first-order valence-corrected chi connectivity index (χ1v) is 5.23. The fourth-order valence-electron chi connectivity index (χ4n) is 1.29. The first-order chi connectivity index (χ1) is 6.68. The van der Waals surface area contributed by atoms with Gasteiger partial charge in [0.1, 0.15) is 5.82 Å². The lowest BCUT2D eigenvalue weighted by atomic mass is 10.2. The first-order valence-electron chi connectivity index (χ1n) is 4.06. The second kappa shape index (κ2) is 4.14. The Morgan fingerprint density at radius 2 is 2.00 bits per heavy atom. The number of rotatable bonds is 1. The lowest BCUT2D eigenvalue weighted by molar-refractivity contribution is -0.0465. The highest BCUT2D eigenvalue weighted by Gasteiger charge is 2.23. The zero-order valence-corrected chi connectivity index (χ0v) is 9.44. The number of halogens is 3. The molecular weight excluding hydrogens is 274 g/mol. The normalized spacial score (nSPS) is 17.6. The Labute approximate surface area is 94.1 Å². The van der Waals surface area contributed by atoms with Crippen LogP contribution in [0.25, 0.3) is 0 Å². The monoisotopic (exact) mass is 280 g/mol. The predicted molar refractivity (Wildman–Crippen MR) is 53.8 cm³/mol. The van der Waals surface area contributed by atoms with Gasteiger partial charge in [0.25, 0.3) is 0 Å². The molecule has 14 heavy (non-hydrogen) atoms. The molecule has 5 heteroatoms. The quantitative estimate of drug-likeness (QED) is 0.736. The Bertz CT molecular complexity index is 353. The van der Waals surface area contributed by atoms with Gasteiger partial charge in [-0.2, -0.15) is 0 Å². The molecule has 1 aromatic carbocycles. The summed E-state index contributed by atoms with van der Waals surface area (Å²) in [6.07, 6.45) is -0.634. The summed E-state index contributed by atoms with van der Waals surface area (Å²) in [6, 6.07) is 3.10. The molecule has 1 aliphatic heterocycles. The molecular formula is C9H7BrClFO2. The van der Waals surface area contributed by atoms with Gasteiger partial charge >= 0.3 is 0 Å². The van der Waals surface area contributed by atoms with Crippen LogP contribution in [0.15, 0.2) is 16.6 Å². The summed E-state index contributed by atoms with van der Waals surface area (Å²) < 4.78 is 24.6. The lowest BCUT2D eigenvalue weighted by Crippen LogP contribution is -2.02. The third-order valence-electron chi connectivity index (χ3n) is 1.90. The predicted octanol–water partition coefficient (Wildman–Crippen LogP) is 3.29. The third-order valence-corrected chi connectivity index (χ3v) is 2.63. The maximum atomic E-state index is 13.5. The minimum Gasteiger partial charge on any atom is -0.346 e. The minimum atomic E-state index is -0.634. The molecule has 2 rings (SSSR count). The molecule has 76 valence electrons. The SMILES string of the molecule is Fc1c(Cl)cc(Br)cc1C1OCCO1. The van der Waals surface area contributed by atoms with Crippen LogP contribution in [0, 0.1) is 5.82 Å². The summed E-state index contributed by atoms with van der Waals surface area (Å²) >= 11 is 8.91. The molecule has 1 aliphatic rings. The summed E-state index contributed by atoms with van der Waals surface area (Å²) in [7, 11) is 0. The zero-order valence-electron chi connectivity index (χ0n) is 7.10. The van der Waals surface area contributed by atoms with E-state index in [1.54, 1.807) is 6.07 Å². The summed E-state index contributed by atoms with van der Waals surface area (Å²) in [5, 5.41) is 0.0634. The lowest BCUT2D eigenvalue weighted by Gasteiger charge is -2.11. The van der Waals surface area contributed by atoms with Gasteiger partial charge in [-0.25, -0.2) is 4.39 Å². The van der Waals surface area contributed by atoms with E-state index in [9.17, 15) is 4.39 Å². The Kier molecular flexibility index (Phi) is 3.07. The maximum Gasteiger partial charge on any atom is 0.186 e. The number of hydrogen-bond acceptors (Lipinski definition) is 2. The summed E-state index contributed by atoms with van der Waals surface area (Å²) in [5.41, 5.74) is 0.335. The second-order valence-corrected chi connectivity index (χ2v) is 4.19. The van der Waals surface area contributed by atoms with Crippen molar-refractivity contribution >= 4 is 27.5 Å². The largest absolute Gasteiger partial charge is 0.346 e. The number of benzene rings is 1. The van der Waals surface area contributed by atoms with Crippen molar-refractivity contribution in [2.45, 2.75) is 6.29 Å². The van der Waals surface area contributed by atoms with Crippen LogP contribution < -0.4 is 0 Å². The van der Waals surface area contributed by atoms with Crippen molar-refractivity contribution in [3.8, 4) is 0 Å². The van der Waals surface area contributed by atoms with Gasteiger partial charge in [-0.1, -0.05) is 27.5 Å². The average molecular weight is 282 g/mol. The number of hydrogen-bond donors (Lipinski definition) is 0.